The largest absolute Gasteiger partial charge is 0.298 e. The van der Waals surface area contributed by atoms with Gasteiger partial charge in [0.2, 0.25) is 0 Å². The number of carbonyl (C=O) groups excluding carboxylic acids is 2. The van der Waals surface area contributed by atoms with Gasteiger partial charge in [-0.05, 0) is 86.3 Å². The lowest BCUT2D eigenvalue weighted by Gasteiger charge is -2.28. The highest BCUT2D eigenvalue weighted by Crippen LogP contribution is 2.28. The molecule has 1 N–H and O–H groups in total. The maximum atomic E-state index is 12.7. The summed E-state index contributed by atoms with van der Waals surface area (Å²) in [5, 5.41) is 2.69. The molecule has 1 aromatic rings. The van der Waals surface area contributed by atoms with E-state index < -0.39 is 11.8 Å². The summed E-state index contributed by atoms with van der Waals surface area (Å²) in [6, 6.07) is 0. The van der Waals surface area contributed by atoms with E-state index in [-0.39, 0.29) is 17.2 Å². The minimum Gasteiger partial charge on any atom is -0.298 e. The zero-order valence-electron chi connectivity index (χ0n) is 14.7. The fourth-order valence-corrected chi connectivity index (χ4v) is 3.13. The second-order valence-electron chi connectivity index (χ2n) is 6.06. The van der Waals surface area contributed by atoms with Crippen LogP contribution in [0, 0.1) is 34.6 Å². The predicted molar refractivity (Wildman–Crippen MR) is 101 cm³/mol. The molecule has 5 heteroatoms. The number of carbonyl (C=O) groups is 2. The van der Waals surface area contributed by atoms with Gasteiger partial charge in [-0.15, -0.1) is 6.58 Å². The SMILES string of the molecule is C=CCN1C(=O)/C(=C/c2c(C)c(C)c(C)c(C)c2C)C(=O)NC1=S. The molecule has 0 atom stereocenters. The first-order valence-electron chi connectivity index (χ1n) is 7.77. The van der Waals surface area contributed by atoms with E-state index in [1.807, 2.05) is 13.8 Å². The molecule has 4 nitrogen and oxygen atoms in total. The van der Waals surface area contributed by atoms with Crippen molar-refractivity contribution in [1.29, 1.82) is 0 Å². The number of hydrogen-bond acceptors (Lipinski definition) is 3. The van der Waals surface area contributed by atoms with E-state index in [0.717, 1.165) is 16.7 Å². The number of nitrogens with zero attached hydrogens (tertiary/aromatic N) is 1. The molecule has 2 rings (SSSR count). The molecule has 2 amide bonds. The van der Waals surface area contributed by atoms with Crippen LogP contribution in [0.4, 0.5) is 0 Å². The molecule has 0 saturated carbocycles. The molecule has 1 aromatic carbocycles. The molecule has 0 unspecified atom stereocenters. The summed E-state index contributed by atoms with van der Waals surface area (Å²) >= 11 is 5.07. The molecule has 0 bridgehead atoms. The van der Waals surface area contributed by atoms with Gasteiger partial charge in [0.15, 0.2) is 5.11 Å². The molecule has 0 spiro atoms. The van der Waals surface area contributed by atoms with Gasteiger partial charge in [-0.1, -0.05) is 6.08 Å². The Morgan fingerprint density at radius 1 is 1.00 bits per heavy atom. The number of thiocarbonyl (C=S) groups is 1. The summed E-state index contributed by atoms with van der Waals surface area (Å²) < 4.78 is 0. The van der Waals surface area contributed by atoms with Crippen molar-refractivity contribution in [2.45, 2.75) is 34.6 Å². The van der Waals surface area contributed by atoms with Crippen LogP contribution < -0.4 is 5.32 Å². The summed E-state index contributed by atoms with van der Waals surface area (Å²) in [7, 11) is 0. The third-order valence-corrected chi connectivity index (χ3v) is 5.17. The molecule has 1 aliphatic heterocycles. The fraction of sp³-hybridized carbons (Fsp3) is 0.316. The summed E-state index contributed by atoms with van der Waals surface area (Å²) in [6.45, 7) is 14.1. The van der Waals surface area contributed by atoms with E-state index in [1.54, 1.807) is 12.2 Å². The Labute approximate surface area is 148 Å². The Kier molecular flexibility index (Phi) is 5.04. The van der Waals surface area contributed by atoms with Crippen LogP contribution in [0.1, 0.15) is 33.4 Å². The molecule has 0 aromatic heterocycles. The van der Waals surface area contributed by atoms with Crippen molar-refractivity contribution in [1.82, 2.24) is 10.2 Å². The standard InChI is InChI=1S/C19H22N2O2S/c1-7-8-21-18(23)16(17(22)20-19(21)24)9-15-13(5)11(3)10(2)12(4)14(15)6/h7,9H,1,8H2,2-6H3,(H,20,22,24)/b16-9+. The normalized spacial score (nSPS) is 16.6. The quantitative estimate of drug-likeness (QED) is 0.397. The number of hydrogen-bond donors (Lipinski definition) is 1. The van der Waals surface area contributed by atoms with Crippen molar-refractivity contribution >= 4 is 35.2 Å². The van der Waals surface area contributed by atoms with Crippen molar-refractivity contribution in [2.24, 2.45) is 0 Å². The first-order valence-corrected chi connectivity index (χ1v) is 8.18. The molecular weight excluding hydrogens is 320 g/mol. The van der Waals surface area contributed by atoms with Crippen LogP contribution in [0.15, 0.2) is 18.2 Å². The predicted octanol–water partition coefficient (Wildman–Crippen LogP) is 3.04. The highest BCUT2D eigenvalue weighted by Gasteiger charge is 2.33. The zero-order valence-corrected chi connectivity index (χ0v) is 15.6. The van der Waals surface area contributed by atoms with Crippen LogP contribution >= 0.6 is 12.2 Å². The van der Waals surface area contributed by atoms with Gasteiger partial charge in [0.05, 0.1) is 0 Å². The lowest BCUT2D eigenvalue weighted by atomic mass is 9.88. The van der Waals surface area contributed by atoms with Gasteiger partial charge in [-0.3, -0.25) is 19.8 Å². The summed E-state index contributed by atoms with van der Waals surface area (Å²) in [4.78, 5) is 26.3. The van der Waals surface area contributed by atoms with Crippen LogP contribution in [0.5, 0.6) is 0 Å². The maximum absolute atomic E-state index is 12.7. The first-order chi connectivity index (χ1) is 11.2. The molecular formula is C19H22N2O2S. The van der Waals surface area contributed by atoms with Crippen molar-refractivity contribution in [3.63, 3.8) is 0 Å². The van der Waals surface area contributed by atoms with Gasteiger partial charge >= 0.3 is 0 Å². The molecule has 1 aliphatic rings. The van der Waals surface area contributed by atoms with Crippen LogP contribution in [-0.2, 0) is 9.59 Å². The third-order valence-electron chi connectivity index (χ3n) is 4.84. The Hall–Kier alpha value is -2.27. The topological polar surface area (TPSA) is 49.4 Å². The highest BCUT2D eigenvalue weighted by atomic mass is 32.1. The van der Waals surface area contributed by atoms with Crippen LogP contribution in [0.3, 0.4) is 0 Å². The molecule has 1 saturated heterocycles. The Bertz CT molecular complexity index is 777. The van der Waals surface area contributed by atoms with Crippen LogP contribution in [0.25, 0.3) is 6.08 Å². The van der Waals surface area contributed by atoms with Crippen LogP contribution in [-0.4, -0.2) is 28.4 Å². The second kappa shape index (κ2) is 6.69. The minimum atomic E-state index is -0.458. The first kappa shape index (κ1) is 18.1. The van der Waals surface area contributed by atoms with Crippen molar-refractivity contribution in [3.8, 4) is 0 Å². The summed E-state index contributed by atoms with van der Waals surface area (Å²) in [5.74, 6) is -0.849. The van der Waals surface area contributed by atoms with Gasteiger partial charge in [-0.25, -0.2) is 0 Å². The third kappa shape index (κ3) is 2.91. The minimum absolute atomic E-state index is 0.0966. The zero-order chi connectivity index (χ0) is 18.2. The maximum Gasteiger partial charge on any atom is 0.265 e. The molecule has 0 radical (unpaired) electrons. The van der Waals surface area contributed by atoms with Gasteiger partial charge in [0.25, 0.3) is 11.8 Å². The average Bonchev–Trinajstić information content (AvgIpc) is 2.54. The number of amides is 2. The lowest BCUT2D eigenvalue weighted by molar-refractivity contribution is -0.128. The Balaban J connectivity index is 2.62. The van der Waals surface area contributed by atoms with Crippen molar-refractivity contribution in [2.75, 3.05) is 6.54 Å². The smallest absolute Gasteiger partial charge is 0.265 e. The fourth-order valence-electron chi connectivity index (χ4n) is 2.88. The van der Waals surface area contributed by atoms with Gasteiger partial charge in [0.1, 0.15) is 5.57 Å². The van der Waals surface area contributed by atoms with Gasteiger partial charge in [-0.2, -0.15) is 0 Å². The van der Waals surface area contributed by atoms with Gasteiger partial charge in [0, 0.05) is 6.54 Å². The van der Waals surface area contributed by atoms with E-state index >= 15 is 0 Å². The molecule has 1 fully saturated rings. The summed E-state index contributed by atoms with van der Waals surface area (Å²) in [6.07, 6.45) is 3.26. The lowest BCUT2D eigenvalue weighted by Crippen LogP contribution is -2.53. The summed E-state index contributed by atoms with van der Waals surface area (Å²) in [5.41, 5.74) is 6.75. The van der Waals surface area contributed by atoms with E-state index in [2.05, 4.69) is 32.7 Å². The van der Waals surface area contributed by atoms with Crippen LogP contribution in [0.2, 0.25) is 0 Å². The number of rotatable bonds is 3. The van der Waals surface area contributed by atoms with Crippen molar-refractivity contribution < 1.29 is 9.59 Å². The molecule has 1 heterocycles. The van der Waals surface area contributed by atoms with Crippen molar-refractivity contribution in [3.05, 3.63) is 51.6 Å². The monoisotopic (exact) mass is 342 g/mol. The second-order valence-corrected chi connectivity index (χ2v) is 6.45. The number of nitrogens with one attached hydrogen (secondary N) is 1. The molecule has 24 heavy (non-hydrogen) atoms. The average molecular weight is 342 g/mol. The Morgan fingerprint density at radius 2 is 1.50 bits per heavy atom. The van der Waals surface area contributed by atoms with E-state index in [4.69, 9.17) is 12.2 Å². The van der Waals surface area contributed by atoms with E-state index in [9.17, 15) is 9.59 Å². The van der Waals surface area contributed by atoms with Gasteiger partial charge < -0.3 is 0 Å². The Morgan fingerprint density at radius 3 is 2.00 bits per heavy atom. The molecule has 126 valence electrons. The number of benzene rings is 1. The van der Waals surface area contributed by atoms with E-state index in [0.29, 0.717) is 0 Å². The highest BCUT2D eigenvalue weighted by molar-refractivity contribution is 7.80. The molecule has 0 aliphatic carbocycles. The van der Waals surface area contributed by atoms with E-state index in [1.165, 1.54) is 21.6 Å².